The van der Waals surface area contributed by atoms with Crippen LogP contribution < -0.4 is 5.73 Å². The highest BCUT2D eigenvalue weighted by atomic mass is 19.4. The molecule has 1 aliphatic rings. The predicted octanol–water partition coefficient (Wildman–Crippen LogP) is 4.25. The molecule has 2 rings (SSSR count). The molecule has 1 aliphatic carbocycles. The SMILES string of the molecule is CC(C)(OOC(=O)c1ccccc1)C(N)C1CCC(C(F)(F)F)CC1. The molecule has 1 fully saturated rings. The van der Waals surface area contributed by atoms with Crippen LogP contribution in [0.25, 0.3) is 0 Å². The first-order valence-electron chi connectivity index (χ1n) is 8.38. The Bertz CT molecular complexity index is 567. The second-order valence-electron chi connectivity index (χ2n) is 7.10. The standard InChI is InChI=1S/C18H24F3NO3/c1-17(2,25-24-16(23)13-6-4-3-5-7-13)15(22)12-8-10-14(11-9-12)18(19,20)21/h3-7,12,14-15H,8-11,22H2,1-2H3. The number of halogens is 3. The van der Waals surface area contributed by atoms with E-state index in [9.17, 15) is 18.0 Å². The van der Waals surface area contributed by atoms with Crippen molar-refractivity contribution in [2.24, 2.45) is 17.6 Å². The van der Waals surface area contributed by atoms with Crippen molar-refractivity contribution in [2.45, 2.75) is 57.3 Å². The number of carbonyl (C=O) groups excluding carboxylic acids is 1. The fraction of sp³-hybridized carbons (Fsp3) is 0.611. The van der Waals surface area contributed by atoms with Gasteiger partial charge < -0.3 is 5.73 Å². The zero-order valence-electron chi connectivity index (χ0n) is 14.4. The van der Waals surface area contributed by atoms with Gasteiger partial charge in [-0.25, -0.2) is 4.79 Å². The van der Waals surface area contributed by atoms with Crippen LogP contribution in [0.4, 0.5) is 13.2 Å². The molecule has 0 amide bonds. The Morgan fingerprint density at radius 1 is 1.12 bits per heavy atom. The van der Waals surface area contributed by atoms with E-state index in [1.54, 1.807) is 44.2 Å². The molecule has 0 aliphatic heterocycles. The lowest BCUT2D eigenvalue weighted by Crippen LogP contribution is -2.51. The fourth-order valence-corrected chi connectivity index (χ4v) is 3.20. The number of carbonyl (C=O) groups is 1. The lowest BCUT2D eigenvalue weighted by Gasteiger charge is -2.39. The summed E-state index contributed by atoms with van der Waals surface area (Å²) in [6.45, 7) is 3.34. The molecule has 2 N–H and O–H groups in total. The van der Waals surface area contributed by atoms with E-state index < -0.39 is 29.7 Å². The number of nitrogens with two attached hydrogens (primary N) is 1. The van der Waals surface area contributed by atoms with Crippen molar-refractivity contribution in [2.75, 3.05) is 0 Å². The van der Waals surface area contributed by atoms with Gasteiger partial charge in [-0.2, -0.15) is 18.1 Å². The highest BCUT2D eigenvalue weighted by Gasteiger charge is 2.44. The molecule has 1 aromatic carbocycles. The second kappa shape index (κ2) is 7.74. The predicted molar refractivity (Wildman–Crippen MR) is 86.5 cm³/mol. The zero-order chi connectivity index (χ0) is 18.7. The van der Waals surface area contributed by atoms with Gasteiger partial charge in [0.25, 0.3) is 0 Å². The van der Waals surface area contributed by atoms with Crippen molar-refractivity contribution in [1.29, 1.82) is 0 Å². The summed E-state index contributed by atoms with van der Waals surface area (Å²) in [5, 5.41) is 0. The number of hydrogen-bond acceptors (Lipinski definition) is 4. The Labute approximate surface area is 145 Å². The van der Waals surface area contributed by atoms with Crippen molar-refractivity contribution in [3.8, 4) is 0 Å². The minimum absolute atomic E-state index is 0.0712. The Morgan fingerprint density at radius 2 is 1.68 bits per heavy atom. The molecule has 1 atom stereocenters. The average Bonchev–Trinajstić information content (AvgIpc) is 2.59. The van der Waals surface area contributed by atoms with Crippen LogP contribution in [-0.4, -0.2) is 23.8 Å². The first kappa shape index (κ1) is 19.7. The third-order valence-corrected chi connectivity index (χ3v) is 4.89. The van der Waals surface area contributed by atoms with Crippen LogP contribution in [0.2, 0.25) is 0 Å². The van der Waals surface area contributed by atoms with Gasteiger partial charge in [-0.1, -0.05) is 18.2 Å². The van der Waals surface area contributed by atoms with E-state index in [1.165, 1.54) is 0 Å². The summed E-state index contributed by atoms with van der Waals surface area (Å²) in [7, 11) is 0. The summed E-state index contributed by atoms with van der Waals surface area (Å²) in [4.78, 5) is 22.1. The van der Waals surface area contributed by atoms with Gasteiger partial charge in [0.05, 0.1) is 11.5 Å². The van der Waals surface area contributed by atoms with E-state index in [-0.39, 0.29) is 18.8 Å². The van der Waals surface area contributed by atoms with Crippen LogP contribution in [-0.2, 0) is 9.78 Å². The molecule has 0 aromatic heterocycles. The third kappa shape index (κ3) is 5.19. The average molecular weight is 359 g/mol. The van der Waals surface area contributed by atoms with Crippen LogP contribution in [0.1, 0.15) is 49.9 Å². The Balaban J connectivity index is 1.88. The topological polar surface area (TPSA) is 61.5 Å². The van der Waals surface area contributed by atoms with E-state index in [1.807, 2.05) is 0 Å². The normalized spacial score (nSPS) is 23.1. The number of alkyl halides is 3. The Hall–Kier alpha value is -1.60. The van der Waals surface area contributed by atoms with Crippen LogP contribution >= 0.6 is 0 Å². The molecule has 0 saturated heterocycles. The number of benzene rings is 1. The maximum Gasteiger partial charge on any atom is 0.391 e. The van der Waals surface area contributed by atoms with Gasteiger partial charge in [-0.3, -0.25) is 4.89 Å². The van der Waals surface area contributed by atoms with Crippen molar-refractivity contribution >= 4 is 5.97 Å². The first-order chi connectivity index (χ1) is 11.6. The van der Waals surface area contributed by atoms with Gasteiger partial charge in [-0.05, 0) is 57.6 Å². The largest absolute Gasteiger partial charge is 0.391 e. The van der Waals surface area contributed by atoms with Crippen molar-refractivity contribution in [1.82, 2.24) is 0 Å². The van der Waals surface area contributed by atoms with Crippen molar-refractivity contribution in [3.63, 3.8) is 0 Å². The lowest BCUT2D eigenvalue weighted by molar-refractivity contribution is -0.315. The molecule has 140 valence electrons. The van der Waals surface area contributed by atoms with Crippen molar-refractivity contribution < 1.29 is 27.7 Å². The van der Waals surface area contributed by atoms with Gasteiger partial charge in [0.1, 0.15) is 5.60 Å². The summed E-state index contributed by atoms with van der Waals surface area (Å²) >= 11 is 0. The second-order valence-corrected chi connectivity index (χ2v) is 7.10. The molecular formula is C18H24F3NO3. The lowest BCUT2D eigenvalue weighted by atomic mass is 9.74. The van der Waals surface area contributed by atoms with Gasteiger partial charge >= 0.3 is 12.1 Å². The fourth-order valence-electron chi connectivity index (χ4n) is 3.20. The molecule has 0 spiro atoms. The van der Waals surface area contributed by atoms with E-state index in [0.29, 0.717) is 18.4 Å². The first-order valence-corrected chi connectivity index (χ1v) is 8.38. The number of hydrogen-bond donors (Lipinski definition) is 1. The van der Waals surface area contributed by atoms with Crippen LogP contribution in [0, 0.1) is 11.8 Å². The molecular weight excluding hydrogens is 335 g/mol. The maximum atomic E-state index is 12.8. The molecule has 1 aromatic rings. The minimum Gasteiger partial charge on any atom is -0.325 e. The molecule has 4 nitrogen and oxygen atoms in total. The highest BCUT2D eigenvalue weighted by Crippen LogP contribution is 2.41. The Kier molecular flexibility index (Phi) is 6.11. The van der Waals surface area contributed by atoms with Gasteiger partial charge in [-0.15, -0.1) is 0 Å². The molecule has 7 heteroatoms. The summed E-state index contributed by atoms with van der Waals surface area (Å²) in [5.74, 6) is -2.00. The van der Waals surface area contributed by atoms with Gasteiger partial charge in [0, 0.05) is 6.04 Å². The van der Waals surface area contributed by atoms with Crippen LogP contribution in [0.15, 0.2) is 30.3 Å². The molecule has 0 radical (unpaired) electrons. The summed E-state index contributed by atoms with van der Waals surface area (Å²) in [6, 6.07) is 7.83. The summed E-state index contributed by atoms with van der Waals surface area (Å²) in [5.41, 5.74) is 5.55. The number of rotatable bonds is 5. The molecule has 25 heavy (non-hydrogen) atoms. The van der Waals surface area contributed by atoms with E-state index >= 15 is 0 Å². The quantitative estimate of drug-likeness (QED) is 0.631. The maximum absolute atomic E-state index is 12.8. The molecule has 0 heterocycles. The van der Waals surface area contributed by atoms with Gasteiger partial charge in [0.15, 0.2) is 0 Å². The molecule has 1 saturated carbocycles. The highest BCUT2D eigenvalue weighted by molar-refractivity contribution is 5.88. The van der Waals surface area contributed by atoms with Crippen LogP contribution in [0.5, 0.6) is 0 Å². The Morgan fingerprint density at radius 3 is 2.20 bits per heavy atom. The van der Waals surface area contributed by atoms with E-state index in [2.05, 4.69) is 0 Å². The van der Waals surface area contributed by atoms with E-state index in [0.717, 1.165) is 0 Å². The molecule has 1 unspecified atom stereocenters. The minimum atomic E-state index is -4.15. The smallest absolute Gasteiger partial charge is 0.325 e. The summed E-state index contributed by atoms with van der Waals surface area (Å²) in [6.07, 6.45) is -3.24. The van der Waals surface area contributed by atoms with E-state index in [4.69, 9.17) is 15.5 Å². The van der Waals surface area contributed by atoms with Gasteiger partial charge in [0.2, 0.25) is 0 Å². The summed E-state index contributed by atoms with van der Waals surface area (Å²) < 4.78 is 38.3. The van der Waals surface area contributed by atoms with Crippen LogP contribution in [0.3, 0.4) is 0 Å². The third-order valence-electron chi connectivity index (χ3n) is 4.89. The zero-order valence-corrected chi connectivity index (χ0v) is 14.4. The van der Waals surface area contributed by atoms with Crippen molar-refractivity contribution in [3.05, 3.63) is 35.9 Å². The molecule has 0 bridgehead atoms. The monoisotopic (exact) mass is 359 g/mol.